The number of hydrogen-bond acceptors (Lipinski definition) is 5. The van der Waals surface area contributed by atoms with Gasteiger partial charge in [-0.2, -0.15) is 0 Å². The predicted octanol–water partition coefficient (Wildman–Crippen LogP) is 6.12. The summed E-state index contributed by atoms with van der Waals surface area (Å²) in [5, 5.41) is 0.490. The van der Waals surface area contributed by atoms with Gasteiger partial charge in [0.1, 0.15) is 16.2 Å². The molecule has 0 N–H and O–H groups in total. The number of carbonyl (C=O) groups is 1. The van der Waals surface area contributed by atoms with Crippen molar-refractivity contribution in [3.05, 3.63) is 49.6 Å². The highest BCUT2D eigenvalue weighted by Gasteiger charge is 2.41. The molecule has 30 heavy (non-hydrogen) atoms. The molecule has 1 aromatic heterocycles. The van der Waals surface area contributed by atoms with Crippen molar-refractivity contribution in [1.29, 1.82) is 0 Å². The first kappa shape index (κ1) is 20.5. The van der Waals surface area contributed by atoms with E-state index in [0.29, 0.717) is 25.8 Å². The summed E-state index contributed by atoms with van der Waals surface area (Å²) in [6.07, 6.45) is 11.6. The van der Waals surface area contributed by atoms with Crippen LogP contribution in [-0.2, 0) is 4.79 Å². The topological polar surface area (TPSA) is 50.5 Å². The lowest BCUT2D eigenvalue weighted by molar-refractivity contribution is -0.124. The Kier molecular flexibility index (Phi) is 5.62. The maximum absolute atomic E-state index is 13.2. The first-order chi connectivity index (χ1) is 14.5. The van der Waals surface area contributed by atoms with Crippen LogP contribution >= 0.6 is 39.9 Å². The second-order valence-electron chi connectivity index (χ2n) is 8.48. The molecule has 2 aromatic rings. The third kappa shape index (κ3) is 3.69. The van der Waals surface area contributed by atoms with E-state index in [-0.39, 0.29) is 17.4 Å². The summed E-state index contributed by atoms with van der Waals surface area (Å²) in [4.78, 5) is 28.4. The van der Waals surface area contributed by atoms with Crippen LogP contribution in [0.3, 0.4) is 0 Å². The molecule has 3 fully saturated rings. The fourth-order valence-electron chi connectivity index (χ4n) is 5.24. The Bertz CT molecular complexity index is 1130. The molecule has 0 bridgehead atoms. The number of thiocarbonyl (C=S) groups is 1. The van der Waals surface area contributed by atoms with Crippen molar-refractivity contribution in [1.82, 2.24) is 4.90 Å². The molecule has 1 aromatic carbocycles. The Morgan fingerprint density at radius 1 is 1.13 bits per heavy atom. The van der Waals surface area contributed by atoms with Gasteiger partial charge in [-0.3, -0.25) is 14.5 Å². The molecule has 0 spiro atoms. The smallest absolute Gasteiger partial charge is 0.266 e. The van der Waals surface area contributed by atoms with Gasteiger partial charge < -0.3 is 4.42 Å². The van der Waals surface area contributed by atoms with Gasteiger partial charge in [0.05, 0.1) is 15.9 Å². The van der Waals surface area contributed by atoms with Crippen LogP contribution in [0.15, 0.2) is 43.1 Å². The van der Waals surface area contributed by atoms with Gasteiger partial charge in [0.25, 0.3) is 5.91 Å². The number of rotatable bonds is 2. The Morgan fingerprint density at radius 2 is 1.93 bits per heavy atom. The highest BCUT2D eigenvalue weighted by Crippen LogP contribution is 2.44. The van der Waals surface area contributed by atoms with Crippen LogP contribution in [0.4, 0.5) is 0 Å². The van der Waals surface area contributed by atoms with Crippen LogP contribution in [0.25, 0.3) is 17.0 Å². The van der Waals surface area contributed by atoms with Crippen molar-refractivity contribution < 1.29 is 9.21 Å². The summed E-state index contributed by atoms with van der Waals surface area (Å²) in [5.41, 5.74) is 0.750. The van der Waals surface area contributed by atoms with Gasteiger partial charge in [-0.05, 0) is 55.4 Å². The number of amides is 1. The summed E-state index contributed by atoms with van der Waals surface area (Å²) in [6, 6.07) is 5.52. The lowest BCUT2D eigenvalue weighted by Crippen LogP contribution is -2.44. The second-order valence-corrected chi connectivity index (χ2v) is 11.1. The molecule has 0 radical (unpaired) electrons. The highest BCUT2D eigenvalue weighted by molar-refractivity contribution is 9.10. The van der Waals surface area contributed by atoms with E-state index in [2.05, 4.69) is 15.9 Å². The highest BCUT2D eigenvalue weighted by atomic mass is 79.9. The zero-order valence-corrected chi connectivity index (χ0v) is 19.7. The molecule has 1 amide bonds. The van der Waals surface area contributed by atoms with Crippen molar-refractivity contribution in [3.8, 4) is 0 Å². The van der Waals surface area contributed by atoms with E-state index < -0.39 is 0 Å². The summed E-state index contributed by atoms with van der Waals surface area (Å²) in [5.74, 6) is 1.47. The summed E-state index contributed by atoms with van der Waals surface area (Å²) >= 11 is 10.3. The number of thioether (sulfide) groups is 1. The molecular weight excluding hydrogens is 482 g/mol. The number of fused-ring (bicyclic) bond motifs is 2. The van der Waals surface area contributed by atoms with Crippen molar-refractivity contribution in [2.45, 2.75) is 51.0 Å². The van der Waals surface area contributed by atoms with E-state index in [0.717, 1.165) is 29.2 Å². The predicted molar refractivity (Wildman–Crippen MR) is 128 cm³/mol. The number of halogens is 1. The van der Waals surface area contributed by atoms with Gasteiger partial charge in [-0.25, -0.2) is 0 Å². The molecule has 2 aliphatic carbocycles. The number of carbonyl (C=O) groups excluding carboxylic acids is 1. The van der Waals surface area contributed by atoms with Crippen LogP contribution in [0.2, 0.25) is 0 Å². The van der Waals surface area contributed by atoms with Gasteiger partial charge in [-0.1, -0.05) is 65.6 Å². The molecule has 2 heterocycles. The third-order valence-electron chi connectivity index (χ3n) is 6.75. The van der Waals surface area contributed by atoms with E-state index in [1.54, 1.807) is 18.2 Å². The quantitative estimate of drug-likeness (QED) is 0.365. The van der Waals surface area contributed by atoms with Gasteiger partial charge in [-0.15, -0.1) is 0 Å². The SMILES string of the molecule is O=C1/C(=C/c2coc3ccc(Br)cc3c2=O)SC(=S)N1C1CCC2CCCCC2C1. The second kappa shape index (κ2) is 8.24. The van der Waals surface area contributed by atoms with E-state index in [1.807, 2.05) is 11.0 Å². The van der Waals surface area contributed by atoms with Gasteiger partial charge >= 0.3 is 0 Å². The van der Waals surface area contributed by atoms with Crippen LogP contribution in [-0.4, -0.2) is 21.2 Å². The van der Waals surface area contributed by atoms with Crippen LogP contribution in [0, 0.1) is 11.8 Å². The summed E-state index contributed by atoms with van der Waals surface area (Å²) in [6.45, 7) is 0. The minimum Gasteiger partial charge on any atom is -0.463 e. The molecule has 156 valence electrons. The van der Waals surface area contributed by atoms with E-state index in [9.17, 15) is 9.59 Å². The molecular formula is C23H22BrNO3S2. The normalized spacial score (nSPS) is 28.4. The molecule has 4 nitrogen and oxygen atoms in total. The zero-order chi connectivity index (χ0) is 20.8. The lowest BCUT2D eigenvalue weighted by Gasteiger charge is -2.41. The fourth-order valence-corrected chi connectivity index (χ4v) is 6.99. The van der Waals surface area contributed by atoms with Gasteiger partial charge in [0.15, 0.2) is 5.43 Å². The maximum Gasteiger partial charge on any atom is 0.266 e. The molecule has 5 rings (SSSR count). The van der Waals surface area contributed by atoms with E-state index in [4.69, 9.17) is 16.6 Å². The Morgan fingerprint density at radius 3 is 2.77 bits per heavy atom. The van der Waals surface area contributed by atoms with Crippen LogP contribution in [0.5, 0.6) is 0 Å². The van der Waals surface area contributed by atoms with Crippen LogP contribution < -0.4 is 5.43 Å². The zero-order valence-electron chi connectivity index (χ0n) is 16.4. The van der Waals surface area contributed by atoms with Crippen molar-refractivity contribution in [2.24, 2.45) is 11.8 Å². The Balaban J connectivity index is 1.42. The molecule has 3 atom stereocenters. The van der Waals surface area contributed by atoms with Crippen molar-refractivity contribution in [2.75, 3.05) is 0 Å². The van der Waals surface area contributed by atoms with E-state index >= 15 is 0 Å². The molecule has 3 unspecified atom stereocenters. The minimum atomic E-state index is -0.148. The standard InChI is InChI=1S/C23H22BrNO3S2/c24-16-6-8-19-18(11-16)21(26)15(12-28-19)10-20-22(27)25(23(29)30-20)17-7-5-13-3-1-2-4-14(13)9-17/h6,8,10-14,17H,1-5,7,9H2/b20-10-. The Hall–Kier alpha value is -1.44. The molecule has 1 saturated heterocycles. The average molecular weight is 504 g/mol. The average Bonchev–Trinajstić information content (AvgIpc) is 3.03. The lowest BCUT2D eigenvalue weighted by atomic mass is 9.69. The Labute approximate surface area is 193 Å². The van der Waals surface area contributed by atoms with Crippen molar-refractivity contribution in [3.63, 3.8) is 0 Å². The molecule has 7 heteroatoms. The van der Waals surface area contributed by atoms with Crippen molar-refractivity contribution >= 4 is 67.2 Å². The maximum atomic E-state index is 13.2. The number of benzene rings is 1. The monoisotopic (exact) mass is 503 g/mol. The molecule has 3 aliphatic rings. The first-order valence-electron chi connectivity index (χ1n) is 10.5. The molecule has 1 aliphatic heterocycles. The van der Waals surface area contributed by atoms with Crippen LogP contribution in [0.1, 0.15) is 50.5 Å². The van der Waals surface area contributed by atoms with Gasteiger partial charge in [0.2, 0.25) is 0 Å². The fraction of sp³-hybridized carbons (Fsp3) is 0.435. The number of hydrogen-bond donors (Lipinski definition) is 0. The third-order valence-corrected chi connectivity index (χ3v) is 8.57. The summed E-state index contributed by atoms with van der Waals surface area (Å²) in [7, 11) is 0. The molecule has 2 saturated carbocycles. The number of nitrogens with zero attached hydrogens (tertiary/aromatic N) is 1. The minimum absolute atomic E-state index is 0.0713. The van der Waals surface area contributed by atoms with E-state index in [1.165, 1.54) is 50.1 Å². The first-order valence-corrected chi connectivity index (χ1v) is 12.5. The van der Waals surface area contributed by atoms with Gasteiger partial charge in [0, 0.05) is 10.5 Å². The summed E-state index contributed by atoms with van der Waals surface area (Å²) < 4.78 is 7.04. The largest absolute Gasteiger partial charge is 0.463 e.